The monoisotopic (exact) mass is 1080 g/mol. The SMILES string of the molecule is O.O=C1N/C=N\OCc2cccc(n2)CO/N=C\NC(=O)c2cccc(n2)C(=O)N/C=N\OCc2cccc(n2)CO/N=C\NC(=O)c2cccc(n2)C(=O)N/C=N\OCc2cccc(n2)CO/N=C\NC(=O)c2cccc1n2. The summed E-state index contributed by atoms with van der Waals surface area (Å²) in [6.45, 7) is -0.496. The van der Waals surface area contributed by atoms with Crippen molar-refractivity contribution in [2.24, 2.45) is 30.9 Å². The highest BCUT2D eigenvalue weighted by molar-refractivity contribution is 6.04. The zero-order valence-corrected chi connectivity index (χ0v) is 40.9. The van der Waals surface area contributed by atoms with E-state index < -0.39 is 35.4 Å². The highest BCUT2D eigenvalue weighted by Gasteiger charge is 2.15. The van der Waals surface area contributed by atoms with Crippen molar-refractivity contribution in [3.05, 3.63) is 178 Å². The molecule has 6 amide bonds. The summed E-state index contributed by atoms with van der Waals surface area (Å²) in [5.41, 5.74) is 2.17. The maximum atomic E-state index is 12.7. The molecule has 7 heterocycles. The van der Waals surface area contributed by atoms with E-state index in [4.69, 9.17) is 29.0 Å². The van der Waals surface area contributed by atoms with Gasteiger partial charge in [-0.3, -0.25) is 43.7 Å². The molecule has 0 saturated heterocycles. The Morgan fingerprint density at radius 1 is 0.253 bits per heavy atom. The number of pyridine rings is 6. The van der Waals surface area contributed by atoms with Gasteiger partial charge in [-0.2, -0.15) is 0 Å². The number of amides is 6. The first-order chi connectivity index (χ1) is 38.2. The van der Waals surface area contributed by atoms with Crippen molar-refractivity contribution >= 4 is 73.5 Å². The fourth-order valence-electron chi connectivity index (χ4n) is 5.93. The van der Waals surface area contributed by atoms with Crippen LogP contribution in [-0.4, -0.2) is 109 Å². The number of hydrogen-bond acceptors (Lipinski definition) is 24. The van der Waals surface area contributed by atoms with Crippen molar-refractivity contribution in [1.29, 1.82) is 0 Å². The molecule has 0 aliphatic carbocycles. The zero-order valence-electron chi connectivity index (χ0n) is 40.9. The lowest BCUT2D eigenvalue weighted by Gasteiger charge is -2.05. The normalized spacial score (nSPS) is 17.2. The predicted molar refractivity (Wildman–Crippen MR) is 274 cm³/mol. The smallest absolute Gasteiger partial charge is 0.275 e. The summed E-state index contributed by atoms with van der Waals surface area (Å²) in [5, 5.41) is 36.6. The molecule has 79 heavy (non-hydrogen) atoms. The minimum atomic E-state index is -0.685. The summed E-state index contributed by atoms with van der Waals surface area (Å²) in [4.78, 5) is 133. The third-order valence-electron chi connectivity index (χ3n) is 9.45. The first kappa shape index (κ1) is 56.8. The second-order valence-electron chi connectivity index (χ2n) is 15.0. The van der Waals surface area contributed by atoms with Crippen LogP contribution in [0.15, 0.2) is 140 Å². The van der Waals surface area contributed by atoms with Gasteiger partial charge in [-0.1, -0.05) is 67.3 Å². The lowest BCUT2D eigenvalue weighted by molar-refractivity contribution is 0.0947. The van der Waals surface area contributed by atoms with Crippen molar-refractivity contribution in [1.82, 2.24) is 61.8 Å². The van der Waals surface area contributed by atoms with Crippen LogP contribution in [0.25, 0.3) is 0 Å². The van der Waals surface area contributed by atoms with Crippen LogP contribution >= 0.6 is 0 Å². The number of carbonyl (C=O) groups excluding carboxylic acids is 6. The third-order valence-corrected chi connectivity index (χ3v) is 9.45. The molecule has 31 heteroatoms. The van der Waals surface area contributed by atoms with Crippen molar-refractivity contribution in [2.75, 3.05) is 0 Å². The quantitative estimate of drug-likeness (QED) is 0.123. The molecule has 0 aromatic carbocycles. The number of oxime groups is 6. The minimum Gasteiger partial charge on any atom is -0.412 e. The Bertz CT molecular complexity index is 2760. The molecule has 1 aliphatic heterocycles. The summed E-state index contributed by atoms with van der Waals surface area (Å²) >= 11 is 0. The highest BCUT2D eigenvalue weighted by atomic mass is 16.6. The molecule has 6 aromatic heterocycles. The van der Waals surface area contributed by atoms with E-state index in [2.05, 4.69) is 92.7 Å². The van der Waals surface area contributed by atoms with E-state index in [0.29, 0.717) is 34.2 Å². The van der Waals surface area contributed by atoms with E-state index in [1.807, 2.05) is 0 Å². The van der Waals surface area contributed by atoms with Gasteiger partial charge >= 0.3 is 0 Å². The number of nitrogens with zero attached hydrogens (tertiary/aromatic N) is 12. The molecule has 7 rings (SSSR count). The number of rotatable bonds is 0. The van der Waals surface area contributed by atoms with Crippen LogP contribution in [0.2, 0.25) is 0 Å². The lowest BCUT2D eigenvalue weighted by Crippen LogP contribution is -2.26. The average molecular weight is 1080 g/mol. The zero-order chi connectivity index (χ0) is 54.6. The van der Waals surface area contributed by atoms with Crippen molar-refractivity contribution in [3.8, 4) is 0 Å². The Morgan fingerprint density at radius 3 is 0.595 bits per heavy atom. The van der Waals surface area contributed by atoms with E-state index in [0.717, 1.165) is 38.0 Å². The molecule has 0 atom stereocenters. The molecule has 31 nitrogen and oxygen atoms in total. The minimum absolute atomic E-state index is 0. The van der Waals surface area contributed by atoms with E-state index in [1.54, 1.807) is 54.6 Å². The highest BCUT2D eigenvalue weighted by Crippen LogP contribution is 2.08. The van der Waals surface area contributed by atoms with E-state index >= 15 is 0 Å². The summed E-state index contributed by atoms with van der Waals surface area (Å²) in [6.07, 6.45) is 5.99. The van der Waals surface area contributed by atoms with Gasteiger partial charge in [0, 0.05) is 0 Å². The van der Waals surface area contributed by atoms with Crippen molar-refractivity contribution < 1.29 is 63.3 Å². The first-order valence-corrected chi connectivity index (χ1v) is 22.6. The fraction of sp³-hybridized carbons (Fsp3) is 0.125. The molecule has 0 radical (unpaired) electrons. The van der Waals surface area contributed by atoms with Crippen LogP contribution in [0.5, 0.6) is 0 Å². The van der Waals surface area contributed by atoms with Crippen LogP contribution in [0.1, 0.15) is 97.1 Å². The number of nitrogens with one attached hydrogen (secondary N) is 6. The molecule has 12 bridgehead atoms. The number of hydrogen-bond donors (Lipinski definition) is 6. The number of aromatic nitrogens is 6. The van der Waals surface area contributed by atoms with Gasteiger partial charge in [0.1, 0.15) is 72.2 Å². The standard InChI is InChI=1S/C48H42N18O12.H2O/c67-43-37-13-4-15-39(64-37)45(69)51-27-57-75-21-33-9-2-11-35(62-33)23-77-59-29-53-47(71)41-17-6-18-42(66-41)48(72)54-30-60-78-24-36-12-3-10-34(63-36)22-76-58-28-52-46(70)40-16-5-14-38(65-40)44(68)50-26-56-74-20-32-8-1-7-31(61-32)19-73-55-25-49-43;/h1-18,25-30H,19-24H2,(H,49,55,67)(H,50,56,68)(H,51,57,69)(H,52,58,70)(H,53,59,71)(H,54,60,72);1H2. The molecule has 0 spiro atoms. The topological polar surface area (TPSA) is 413 Å². The third kappa shape index (κ3) is 19.1. The van der Waals surface area contributed by atoms with E-state index in [-0.39, 0.29) is 79.3 Å². The Labute approximate surface area is 445 Å². The molecular weight excluding hydrogens is 1040 g/mol. The van der Waals surface area contributed by atoms with Crippen molar-refractivity contribution in [3.63, 3.8) is 0 Å². The molecule has 0 saturated carbocycles. The molecule has 6 aromatic rings. The fourth-order valence-corrected chi connectivity index (χ4v) is 5.93. The second-order valence-corrected chi connectivity index (χ2v) is 15.0. The van der Waals surface area contributed by atoms with E-state index in [9.17, 15) is 28.8 Å². The van der Waals surface area contributed by atoms with Gasteiger partial charge in [0.2, 0.25) is 0 Å². The van der Waals surface area contributed by atoms with Crippen LogP contribution in [0.4, 0.5) is 0 Å². The van der Waals surface area contributed by atoms with Crippen molar-refractivity contribution in [2.45, 2.75) is 39.6 Å². The summed E-state index contributed by atoms with van der Waals surface area (Å²) in [6, 6.07) is 27.8. The summed E-state index contributed by atoms with van der Waals surface area (Å²) in [5.74, 6) is -4.11. The van der Waals surface area contributed by atoms with Gasteiger partial charge < -0.3 is 66.4 Å². The summed E-state index contributed by atoms with van der Waals surface area (Å²) < 4.78 is 0. The molecular formula is C48H44N18O13. The van der Waals surface area contributed by atoms with Crippen LogP contribution < -0.4 is 31.9 Å². The maximum Gasteiger partial charge on any atom is 0.275 e. The average Bonchev–Trinajstić information content (AvgIpc) is 3.46. The molecule has 0 fully saturated rings. The predicted octanol–water partition coefficient (Wildman–Crippen LogP) is 0.885. The molecule has 404 valence electrons. The van der Waals surface area contributed by atoms with Gasteiger partial charge in [-0.25, -0.2) is 15.0 Å². The van der Waals surface area contributed by atoms with Crippen LogP contribution in [-0.2, 0) is 68.7 Å². The lowest BCUT2D eigenvalue weighted by atomic mass is 10.3. The van der Waals surface area contributed by atoms with Crippen LogP contribution in [0, 0.1) is 0 Å². The van der Waals surface area contributed by atoms with Gasteiger partial charge in [-0.15, -0.1) is 0 Å². The van der Waals surface area contributed by atoms with E-state index in [1.165, 1.54) is 54.6 Å². The Hall–Kier alpha value is -11.5. The van der Waals surface area contributed by atoms with Gasteiger partial charge in [0.25, 0.3) is 35.4 Å². The van der Waals surface area contributed by atoms with Gasteiger partial charge in [-0.05, 0) is 72.8 Å². The summed E-state index contributed by atoms with van der Waals surface area (Å²) in [7, 11) is 0. The first-order valence-electron chi connectivity index (χ1n) is 22.6. The largest absolute Gasteiger partial charge is 0.412 e. The maximum absolute atomic E-state index is 12.7. The van der Waals surface area contributed by atoms with Gasteiger partial charge in [0.05, 0.1) is 34.2 Å². The number of fused-ring (bicyclic) bond motifs is 12. The Balaban J connectivity index is 0.0000101. The Kier molecular flexibility index (Phi) is 22.0. The molecule has 0 unspecified atom stereocenters. The molecule has 8 N–H and O–H groups in total. The Morgan fingerprint density at radius 2 is 0.418 bits per heavy atom. The second kappa shape index (κ2) is 30.6. The van der Waals surface area contributed by atoms with Crippen LogP contribution in [0.3, 0.4) is 0 Å². The number of carbonyl (C=O) groups is 6. The van der Waals surface area contributed by atoms with Gasteiger partial charge in [0.15, 0.2) is 39.6 Å². The molecule has 1 aliphatic rings.